The van der Waals surface area contributed by atoms with E-state index in [9.17, 15) is 9.18 Å². The Bertz CT molecular complexity index is 691. The van der Waals surface area contributed by atoms with Crippen molar-refractivity contribution in [2.75, 3.05) is 5.75 Å². The van der Waals surface area contributed by atoms with E-state index in [1.165, 1.54) is 17.8 Å². The van der Waals surface area contributed by atoms with Crippen molar-refractivity contribution in [3.63, 3.8) is 0 Å². The lowest BCUT2D eigenvalue weighted by atomic mass is 10.0. The number of ketones is 1. The highest BCUT2D eigenvalue weighted by Gasteiger charge is 2.24. The second-order valence-corrected chi connectivity index (χ2v) is 5.34. The molecule has 3 rings (SSSR count). The standard InChI is InChI=1S/C14H11FN2OS/c1-17-7-9(6-16-17)5-10-8-19-14-11(13(10)18)3-2-4-12(14)15/h2-7H,8H2,1H3/b10-5-. The summed E-state index contributed by atoms with van der Waals surface area (Å²) < 4.78 is 15.3. The van der Waals surface area contributed by atoms with Crippen LogP contribution in [0.25, 0.3) is 6.08 Å². The number of thioether (sulfide) groups is 1. The molecular weight excluding hydrogens is 263 g/mol. The molecule has 0 bridgehead atoms. The van der Waals surface area contributed by atoms with Crippen molar-refractivity contribution in [2.45, 2.75) is 4.90 Å². The molecule has 0 unspecified atom stereocenters. The monoisotopic (exact) mass is 274 g/mol. The van der Waals surface area contributed by atoms with Crippen LogP contribution in [0.2, 0.25) is 0 Å². The molecule has 1 aliphatic rings. The molecule has 0 N–H and O–H groups in total. The molecule has 2 aromatic rings. The number of aryl methyl sites for hydroxylation is 1. The summed E-state index contributed by atoms with van der Waals surface area (Å²) in [5, 5.41) is 4.06. The van der Waals surface area contributed by atoms with Crippen LogP contribution in [0.5, 0.6) is 0 Å². The van der Waals surface area contributed by atoms with Gasteiger partial charge in [-0.2, -0.15) is 5.10 Å². The van der Waals surface area contributed by atoms with Gasteiger partial charge in [-0.1, -0.05) is 6.07 Å². The van der Waals surface area contributed by atoms with E-state index in [1.54, 1.807) is 23.0 Å². The fourth-order valence-electron chi connectivity index (χ4n) is 2.05. The minimum atomic E-state index is -0.323. The third-order valence-corrected chi connectivity index (χ3v) is 4.10. The molecule has 96 valence electrons. The van der Waals surface area contributed by atoms with Crippen molar-refractivity contribution in [1.29, 1.82) is 0 Å². The van der Waals surface area contributed by atoms with Crippen LogP contribution in [-0.4, -0.2) is 21.3 Å². The van der Waals surface area contributed by atoms with Crippen LogP contribution in [-0.2, 0) is 7.05 Å². The third kappa shape index (κ3) is 2.21. The van der Waals surface area contributed by atoms with Crippen LogP contribution in [0, 0.1) is 5.82 Å². The van der Waals surface area contributed by atoms with Crippen molar-refractivity contribution < 1.29 is 9.18 Å². The van der Waals surface area contributed by atoms with Crippen molar-refractivity contribution in [1.82, 2.24) is 9.78 Å². The number of hydrogen-bond acceptors (Lipinski definition) is 3. The van der Waals surface area contributed by atoms with E-state index in [0.29, 0.717) is 21.8 Å². The summed E-state index contributed by atoms with van der Waals surface area (Å²) in [5.41, 5.74) is 2.01. The Morgan fingerprint density at radius 2 is 2.32 bits per heavy atom. The fourth-order valence-corrected chi connectivity index (χ4v) is 3.08. The van der Waals surface area contributed by atoms with Gasteiger partial charge in [0, 0.05) is 35.7 Å². The van der Waals surface area contributed by atoms with Gasteiger partial charge in [0.05, 0.1) is 11.1 Å². The van der Waals surface area contributed by atoms with Gasteiger partial charge >= 0.3 is 0 Å². The van der Waals surface area contributed by atoms with E-state index in [-0.39, 0.29) is 11.6 Å². The van der Waals surface area contributed by atoms with Crippen LogP contribution < -0.4 is 0 Å². The summed E-state index contributed by atoms with van der Waals surface area (Å²) >= 11 is 1.36. The van der Waals surface area contributed by atoms with Crippen molar-refractivity contribution >= 4 is 23.6 Å². The van der Waals surface area contributed by atoms with Crippen molar-refractivity contribution in [3.8, 4) is 0 Å². The molecule has 0 saturated heterocycles. The van der Waals surface area contributed by atoms with Crippen LogP contribution in [0.3, 0.4) is 0 Å². The highest BCUT2D eigenvalue weighted by atomic mass is 32.2. The van der Waals surface area contributed by atoms with Crippen molar-refractivity contribution in [2.24, 2.45) is 7.05 Å². The summed E-state index contributed by atoms with van der Waals surface area (Å²) in [6.45, 7) is 0. The first kappa shape index (κ1) is 12.2. The molecule has 2 heterocycles. The lowest BCUT2D eigenvalue weighted by molar-refractivity contribution is 0.103. The van der Waals surface area contributed by atoms with Crippen LogP contribution >= 0.6 is 11.8 Å². The molecule has 0 aliphatic carbocycles. The zero-order valence-corrected chi connectivity index (χ0v) is 11.1. The Balaban J connectivity index is 2.00. The number of Topliss-reactive ketones (excluding diaryl/α,β-unsaturated/α-hetero) is 1. The van der Waals surface area contributed by atoms with Gasteiger partial charge in [0.2, 0.25) is 0 Å². The first-order valence-corrected chi connectivity index (χ1v) is 6.79. The molecular formula is C14H11FN2OS. The smallest absolute Gasteiger partial charge is 0.191 e. The van der Waals surface area contributed by atoms with E-state index in [4.69, 9.17) is 0 Å². The minimum Gasteiger partial charge on any atom is -0.289 e. The van der Waals surface area contributed by atoms with E-state index in [2.05, 4.69) is 5.10 Å². The topological polar surface area (TPSA) is 34.9 Å². The molecule has 0 atom stereocenters. The molecule has 0 amide bonds. The predicted octanol–water partition coefficient (Wildman–Crippen LogP) is 2.93. The maximum atomic E-state index is 13.6. The van der Waals surface area contributed by atoms with Crippen LogP contribution in [0.4, 0.5) is 4.39 Å². The lowest BCUT2D eigenvalue weighted by Crippen LogP contribution is -2.13. The summed E-state index contributed by atoms with van der Waals surface area (Å²) in [6, 6.07) is 4.62. The Labute approximate surface area is 114 Å². The van der Waals surface area contributed by atoms with E-state index < -0.39 is 0 Å². The molecule has 0 fully saturated rings. The molecule has 0 spiro atoms. The van der Waals surface area contributed by atoms with Gasteiger partial charge < -0.3 is 0 Å². The maximum Gasteiger partial charge on any atom is 0.191 e. The first-order valence-electron chi connectivity index (χ1n) is 5.80. The van der Waals surface area contributed by atoms with Gasteiger partial charge in [0.1, 0.15) is 5.82 Å². The SMILES string of the molecule is Cn1cc(/C=C2/CSc3c(F)cccc3C2=O)cn1. The second-order valence-electron chi connectivity index (χ2n) is 4.35. The lowest BCUT2D eigenvalue weighted by Gasteiger charge is -2.17. The molecule has 19 heavy (non-hydrogen) atoms. The number of aromatic nitrogens is 2. The highest BCUT2D eigenvalue weighted by Crippen LogP contribution is 2.35. The van der Waals surface area contributed by atoms with E-state index >= 15 is 0 Å². The Morgan fingerprint density at radius 3 is 3.05 bits per heavy atom. The van der Waals surface area contributed by atoms with Gasteiger partial charge in [-0.25, -0.2) is 4.39 Å². The zero-order chi connectivity index (χ0) is 13.4. The molecule has 1 aliphatic heterocycles. The summed E-state index contributed by atoms with van der Waals surface area (Å²) in [5.74, 6) is 0.0650. The summed E-state index contributed by atoms with van der Waals surface area (Å²) in [6.07, 6.45) is 5.36. The summed E-state index contributed by atoms with van der Waals surface area (Å²) in [4.78, 5) is 12.8. The summed E-state index contributed by atoms with van der Waals surface area (Å²) in [7, 11) is 1.82. The minimum absolute atomic E-state index is 0.0999. The molecule has 5 heteroatoms. The first-order chi connectivity index (χ1) is 9.15. The van der Waals surface area contributed by atoms with Gasteiger partial charge in [-0.3, -0.25) is 9.48 Å². The van der Waals surface area contributed by atoms with Gasteiger partial charge in [-0.15, -0.1) is 11.8 Å². The quantitative estimate of drug-likeness (QED) is 0.750. The van der Waals surface area contributed by atoms with Crippen LogP contribution in [0.1, 0.15) is 15.9 Å². The average molecular weight is 274 g/mol. The van der Waals surface area contributed by atoms with Gasteiger partial charge in [0.25, 0.3) is 0 Å². The molecule has 0 saturated carbocycles. The maximum absolute atomic E-state index is 13.6. The zero-order valence-electron chi connectivity index (χ0n) is 10.3. The van der Waals surface area contributed by atoms with E-state index in [1.807, 2.05) is 19.3 Å². The van der Waals surface area contributed by atoms with Crippen molar-refractivity contribution in [3.05, 3.63) is 53.1 Å². The predicted molar refractivity (Wildman–Crippen MR) is 72.6 cm³/mol. The highest BCUT2D eigenvalue weighted by molar-refractivity contribution is 7.99. The Morgan fingerprint density at radius 1 is 1.47 bits per heavy atom. The number of carbonyl (C=O) groups excluding carboxylic acids is 1. The number of carbonyl (C=O) groups is 1. The normalized spacial score (nSPS) is 16.7. The molecule has 1 aromatic carbocycles. The number of fused-ring (bicyclic) bond motifs is 1. The number of nitrogens with zero attached hydrogens (tertiary/aromatic N) is 2. The second kappa shape index (κ2) is 4.66. The Hall–Kier alpha value is -1.88. The van der Waals surface area contributed by atoms with Crippen LogP contribution in [0.15, 0.2) is 41.1 Å². The molecule has 3 nitrogen and oxygen atoms in total. The number of hydrogen-bond donors (Lipinski definition) is 0. The third-order valence-electron chi connectivity index (χ3n) is 2.94. The molecule has 1 aromatic heterocycles. The number of rotatable bonds is 1. The number of benzene rings is 1. The number of halogens is 1. The molecule has 0 radical (unpaired) electrons. The average Bonchev–Trinajstić information content (AvgIpc) is 2.79. The van der Waals surface area contributed by atoms with Gasteiger partial charge in [0.15, 0.2) is 5.78 Å². The van der Waals surface area contributed by atoms with Gasteiger partial charge in [-0.05, 0) is 18.2 Å². The largest absolute Gasteiger partial charge is 0.289 e. The Kier molecular flexibility index (Phi) is 2.98. The van der Waals surface area contributed by atoms with E-state index in [0.717, 1.165) is 5.56 Å². The fraction of sp³-hybridized carbons (Fsp3) is 0.143.